The van der Waals surface area contributed by atoms with Crippen LogP contribution in [0, 0.1) is 23.7 Å². The van der Waals surface area contributed by atoms with Crippen LogP contribution in [0.5, 0.6) is 0 Å². The molecule has 4 heteroatoms. The molecule has 0 saturated heterocycles. The maximum atomic E-state index is 13.1. The van der Waals surface area contributed by atoms with E-state index in [4.69, 9.17) is 9.47 Å². The molecule has 1 fully saturated rings. The lowest BCUT2D eigenvalue weighted by molar-refractivity contribution is -0.150. The van der Waals surface area contributed by atoms with Gasteiger partial charge in [0.1, 0.15) is 0 Å². The summed E-state index contributed by atoms with van der Waals surface area (Å²) in [5, 5.41) is 0. The Morgan fingerprint density at radius 2 is 1.37 bits per heavy atom. The van der Waals surface area contributed by atoms with Crippen molar-refractivity contribution in [1.29, 1.82) is 0 Å². The number of carbonyl (C=O) groups excluding carboxylic acids is 2. The van der Waals surface area contributed by atoms with Gasteiger partial charge in [0.05, 0.1) is 26.1 Å². The third kappa shape index (κ3) is 3.53. The Morgan fingerprint density at radius 3 is 1.87 bits per heavy atom. The molecule has 30 heavy (non-hydrogen) atoms. The second kappa shape index (κ2) is 8.63. The van der Waals surface area contributed by atoms with Gasteiger partial charge in [0, 0.05) is 5.92 Å². The molecule has 2 unspecified atom stereocenters. The lowest BCUT2D eigenvalue weighted by Crippen LogP contribution is -2.35. The fourth-order valence-corrected chi connectivity index (χ4v) is 5.71. The third-order valence-electron chi connectivity index (χ3n) is 7.33. The van der Waals surface area contributed by atoms with E-state index >= 15 is 0 Å². The topological polar surface area (TPSA) is 52.6 Å². The van der Waals surface area contributed by atoms with Gasteiger partial charge in [-0.25, -0.2) is 0 Å². The molecule has 0 N–H and O–H groups in total. The molecule has 2 aliphatic carbocycles. The van der Waals surface area contributed by atoms with Crippen molar-refractivity contribution in [3.63, 3.8) is 0 Å². The minimum absolute atomic E-state index is 0.00168. The maximum absolute atomic E-state index is 13.1. The van der Waals surface area contributed by atoms with Crippen molar-refractivity contribution in [2.75, 3.05) is 14.2 Å². The molecule has 0 aromatic heterocycles. The summed E-state index contributed by atoms with van der Waals surface area (Å²) < 4.78 is 10.3. The summed E-state index contributed by atoms with van der Waals surface area (Å²) in [6.45, 7) is 2.19. The molecule has 2 aromatic carbocycles. The van der Waals surface area contributed by atoms with E-state index in [-0.39, 0.29) is 35.6 Å². The van der Waals surface area contributed by atoms with Crippen molar-refractivity contribution in [3.05, 3.63) is 59.7 Å². The van der Waals surface area contributed by atoms with Gasteiger partial charge in [-0.3, -0.25) is 9.59 Å². The van der Waals surface area contributed by atoms with Gasteiger partial charge in [-0.05, 0) is 59.8 Å². The summed E-state index contributed by atoms with van der Waals surface area (Å²) in [6, 6.07) is 16.8. The molecular formula is C26H30O4. The van der Waals surface area contributed by atoms with Crippen molar-refractivity contribution in [2.24, 2.45) is 23.7 Å². The smallest absolute Gasteiger partial charge is 0.309 e. The molecule has 0 aliphatic heterocycles. The van der Waals surface area contributed by atoms with Gasteiger partial charge in [-0.15, -0.1) is 0 Å². The average molecular weight is 407 g/mol. The van der Waals surface area contributed by atoms with Gasteiger partial charge in [0.15, 0.2) is 0 Å². The Hall–Kier alpha value is -2.62. The number of fused-ring (bicyclic) bond motifs is 3. The quantitative estimate of drug-likeness (QED) is 0.640. The fourth-order valence-electron chi connectivity index (χ4n) is 5.71. The summed E-state index contributed by atoms with van der Waals surface area (Å²) in [5.74, 6) is 0.0224. The van der Waals surface area contributed by atoms with Crippen molar-refractivity contribution in [3.8, 4) is 11.1 Å². The second-order valence-corrected chi connectivity index (χ2v) is 8.70. The van der Waals surface area contributed by atoms with Gasteiger partial charge in [0.2, 0.25) is 0 Å². The molecule has 0 spiro atoms. The van der Waals surface area contributed by atoms with E-state index in [1.54, 1.807) is 0 Å². The number of benzene rings is 2. The summed E-state index contributed by atoms with van der Waals surface area (Å²) in [5.41, 5.74) is 4.86. The van der Waals surface area contributed by atoms with E-state index in [0.29, 0.717) is 5.92 Å². The molecule has 0 radical (unpaired) electrons. The molecular weight excluding hydrogens is 376 g/mol. The van der Waals surface area contributed by atoms with E-state index in [1.807, 2.05) is 0 Å². The third-order valence-corrected chi connectivity index (χ3v) is 7.33. The zero-order valence-electron chi connectivity index (χ0n) is 18.0. The second-order valence-electron chi connectivity index (χ2n) is 8.70. The summed E-state index contributed by atoms with van der Waals surface area (Å²) in [6.07, 6.45) is 3.52. The lowest BCUT2D eigenvalue weighted by Gasteiger charge is -2.37. The first kappa shape index (κ1) is 20.6. The predicted octanol–water partition coefficient (Wildman–Crippen LogP) is 5.20. The highest BCUT2D eigenvalue weighted by Crippen LogP contribution is 2.52. The van der Waals surface area contributed by atoms with Gasteiger partial charge in [-0.1, -0.05) is 55.5 Å². The van der Waals surface area contributed by atoms with Crippen molar-refractivity contribution >= 4 is 11.9 Å². The largest absolute Gasteiger partial charge is 0.469 e. The SMILES string of the molecule is COC(=O)C1CCC(C(C)C(C(=O)OC)C2c3ccccc3-c3ccccc32)CC1. The van der Waals surface area contributed by atoms with Crippen molar-refractivity contribution < 1.29 is 19.1 Å². The van der Waals surface area contributed by atoms with Crippen LogP contribution in [0.1, 0.15) is 49.7 Å². The zero-order chi connectivity index (χ0) is 21.3. The predicted molar refractivity (Wildman–Crippen MR) is 116 cm³/mol. The lowest BCUT2D eigenvalue weighted by atomic mass is 9.67. The Labute approximate surface area is 178 Å². The number of hydrogen-bond acceptors (Lipinski definition) is 4. The molecule has 4 nitrogen and oxygen atoms in total. The van der Waals surface area contributed by atoms with Crippen LogP contribution in [-0.2, 0) is 19.1 Å². The van der Waals surface area contributed by atoms with Gasteiger partial charge >= 0.3 is 11.9 Å². The van der Waals surface area contributed by atoms with Gasteiger partial charge in [0.25, 0.3) is 0 Å². The molecule has 4 rings (SSSR count). The standard InChI is InChI=1S/C26H30O4/c1-16(17-12-14-18(15-13-17)25(27)29-2)23(26(28)30-3)24-21-10-6-4-8-19(21)20-9-5-7-11-22(20)24/h4-11,16-18,23-24H,12-15H2,1-3H3. The summed E-state index contributed by atoms with van der Waals surface area (Å²) in [7, 11) is 2.95. The molecule has 0 bridgehead atoms. The van der Waals surface area contributed by atoms with E-state index in [2.05, 4.69) is 55.5 Å². The Morgan fingerprint density at radius 1 is 0.833 bits per heavy atom. The minimum atomic E-state index is -0.250. The van der Waals surface area contributed by atoms with Crippen LogP contribution < -0.4 is 0 Å². The number of ether oxygens (including phenoxy) is 2. The molecule has 1 saturated carbocycles. The molecule has 158 valence electrons. The van der Waals surface area contributed by atoms with Gasteiger partial charge < -0.3 is 9.47 Å². The van der Waals surface area contributed by atoms with E-state index in [9.17, 15) is 9.59 Å². The van der Waals surface area contributed by atoms with E-state index in [0.717, 1.165) is 25.7 Å². The van der Waals surface area contributed by atoms with E-state index in [1.165, 1.54) is 36.5 Å². The highest BCUT2D eigenvalue weighted by atomic mass is 16.5. The summed E-state index contributed by atoms with van der Waals surface area (Å²) in [4.78, 5) is 25.0. The first-order chi connectivity index (χ1) is 14.6. The van der Waals surface area contributed by atoms with Crippen molar-refractivity contribution in [2.45, 2.75) is 38.5 Å². The Balaban J connectivity index is 1.66. The molecule has 0 heterocycles. The molecule has 2 aromatic rings. The Kier molecular flexibility index (Phi) is 5.94. The van der Waals surface area contributed by atoms with Crippen LogP contribution in [0.25, 0.3) is 11.1 Å². The van der Waals surface area contributed by atoms with Crippen LogP contribution in [0.3, 0.4) is 0 Å². The monoisotopic (exact) mass is 406 g/mol. The normalized spacial score (nSPS) is 22.5. The highest BCUT2D eigenvalue weighted by molar-refractivity contribution is 5.83. The highest BCUT2D eigenvalue weighted by Gasteiger charge is 2.44. The number of carbonyl (C=O) groups is 2. The minimum Gasteiger partial charge on any atom is -0.469 e. The Bertz CT molecular complexity index is 881. The first-order valence-electron chi connectivity index (χ1n) is 10.9. The number of hydrogen-bond donors (Lipinski definition) is 0. The van der Waals surface area contributed by atoms with Crippen LogP contribution in [0.4, 0.5) is 0 Å². The number of esters is 2. The molecule has 2 atom stereocenters. The van der Waals surface area contributed by atoms with Gasteiger partial charge in [-0.2, -0.15) is 0 Å². The summed E-state index contributed by atoms with van der Waals surface area (Å²) >= 11 is 0. The number of methoxy groups -OCH3 is 2. The zero-order valence-corrected chi connectivity index (χ0v) is 18.0. The number of rotatable bonds is 5. The molecule has 2 aliphatic rings. The first-order valence-corrected chi connectivity index (χ1v) is 10.9. The van der Waals surface area contributed by atoms with Crippen LogP contribution in [-0.4, -0.2) is 26.2 Å². The van der Waals surface area contributed by atoms with E-state index < -0.39 is 0 Å². The van der Waals surface area contributed by atoms with Crippen molar-refractivity contribution in [1.82, 2.24) is 0 Å². The fraction of sp³-hybridized carbons (Fsp3) is 0.462. The van der Waals surface area contributed by atoms with Crippen LogP contribution in [0.2, 0.25) is 0 Å². The maximum Gasteiger partial charge on any atom is 0.309 e. The average Bonchev–Trinajstić information content (AvgIpc) is 3.13. The van der Waals surface area contributed by atoms with Crippen LogP contribution in [0.15, 0.2) is 48.5 Å². The molecule has 0 amide bonds. The van der Waals surface area contributed by atoms with Crippen LogP contribution >= 0.6 is 0 Å².